The topological polar surface area (TPSA) is 52.5 Å². The number of aromatic nitrogens is 2. The Kier molecular flexibility index (Phi) is 6.45. The summed E-state index contributed by atoms with van der Waals surface area (Å²) in [5, 5.41) is 9.65. The number of nitrogens with zero attached hydrogens (tertiary/aromatic N) is 4. The molecule has 0 radical (unpaired) electrons. The molecule has 1 atom stereocenters. The van der Waals surface area contributed by atoms with Crippen molar-refractivity contribution in [3.63, 3.8) is 0 Å². The molecule has 1 saturated heterocycles. The average Bonchev–Trinajstić information content (AvgIpc) is 2.63. The minimum atomic E-state index is -0.276. The molecular formula is C22H32N4O. The molecule has 5 heteroatoms. The molecular weight excluding hydrogens is 336 g/mol. The van der Waals surface area contributed by atoms with E-state index in [9.17, 15) is 5.11 Å². The van der Waals surface area contributed by atoms with Crippen LogP contribution in [0.4, 0.5) is 5.82 Å². The molecule has 0 bridgehead atoms. The summed E-state index contributed by atoms with van der Waals surface area (Å²) in [6, 6.07) is 8.71. The van der Waals surface area contributed by atoms with Crippen LogP contribution in [0, 0.1) is 13.8 Å². The zero-order valence-corrected chi connectivity index (χ0v) is 17.1. The molecule has 1 N–H and O–H groups in total. The zero-order chi connectivity index (χ0) is 19.4. The van der Waals surface area contributed by atoms with Crippen molar-refractivity contribution >= 4 is 5.82 Å². The molecule has 0 unspecified atom stereocenters. The second-order valence-corrected chi connectivity index (χ2v) is 7.68. The SMILES string of the molecule is CCc1nc(C)nc(N2CCN(C[C@H](C)O)CC2)c1Cc1cccc(C)c1. The van der Waals surface area contributed by atoms with Crippen LogP contribution in [0.3, 0.4) is 0 Å². The van der Waals surface area contributed by atoms with E-state index in [1.807, 2.05) is 13.8 Å². The van der Waals surface area contributed by atoms with Crippen molar-refractivity contribution in [3.05, 3.63) is 52.5 Å². The van der Waals surface area contributed by atoms with E-state index in [-0.39, 0.29) is 6.10 Å². The van der Waals surface area contributed by atoms with Crippen LogP contribution in [-0.2, 0) is 12.8 Å². The third-order valence-corrected chi connectivity index (χ3v) is 5.18. The number of hydrogen-bond donors (Lipinski definition) is 1. The Bertz CT molecular complexity index is 767. The van der Waals surface area contributed by atoms with Gasteiger partial charge in [0, 0.05) is 50.4 Å². The average molecular weight is 369 g/mol. The second kappa shape index (κ2) is 8.81. The molecule has 146 valence electrons. The Hall–Kier alpha value is -1.98. The number of piperazine rings is 1. The number of aryl methyl sites for hydroxylation is 3. The largest absolute Gasteiger partial charge is 0.392 e. The molecule has 1 fully saturated rings. The zero-order valence-electron chi connectivity index (χ0n) is 17.1. The fraction of sp³-hybridized carbons (Fsp3) is 0.545. The lowest BCUT2D eigenvalue weighted by molar-refractivity contribution is 0.122. The monoisotopic (exact) mass is 368 g/mol. The molecule has 27 heavy (non-hydrogen) atoms. The number of aliphatic hydroxyl groups excluding tert-OH is 1. The molecule has 0 aliphatic carbocycles. The lowest BCUT2D eigenvalue weighted by atomic mass is 10.0. The van der Waals surface area contributed by atoms with Gasteiger partial charge in [0.1, 0.15) is 11.6 Å². The standard InChI is InChI=1S/C22H32N4O/c1-5-21-20(14-19-8-6-7-16(2)13-19)22(24-18(4)23-21)26-11-9-25(10-12-26)15-17(3)27/h6-8,13,17,27H,5,9-12,14-15H2,1-4H3/t17-/m0/s1. The van der Waals surface area contributed by atoms with E-state index in [0.29, 0.717) is 0 Å². The highest BCUT2D eigenvalue weighted by atomic mass is 16.3. The Balaban J connectivity index is 1.87. The van der Waals surface area contributed by atoms with Gasteiger partial charge in [-0.25, -0.2) is 9.97 Å². The number of aliphatic hydroxyl groups is 1. The van der Waals surface area contributed by atoms with E-state index in [1.165, 1.54) is 16.7 Å². The van der Waals surface area contributed by atoms with Crippen molar-refractivity contribution in [1.29, 1.82) is 0 Å². The van der Waals surface area contributed by atoms with E-state index >= 15 is 0 Å². The summed E-state index contributed by atoms with van der Waals surface area (Å²) < 4.78 is 0. The molecule has 0 spiro atoms. The van der Waals surface area contributed by atoms with Gasteiger partial charge < -0.3 is 10.0 Å². The highest BCUT2D eigenvalue weighted by Crippen LogP contribution is 2.26. The molecule has 2 heterocycles. The van der Waals surface area contributed by atoms with Crippen LogP contribution in [0.25, 0.3) is 0 Å². The number of β-amino-alcohol motifs (C(OH)–C–C–N with tert-alkyl or cyclic N) is 1. The summed E-state index contributed by atoms with van der Waals surface area (Å²) in [4.78, 5) is 14.3. The van der Waals surface area contributed by atoms with Crippen LogP contribution in [0.15, 0.2) is 24.3 Å². The molecule has 0 saturated carbocycles. The quantitative estimate of drug-likeness (QED) is 0.850. The smallest absolute Gasteiger partial charge is 0.136 e. The van der Waals surface area contributed by atoms with Gasteiger partial charge in [0.25, 0.3) is 0 Å². The lowest BCUT2D eigenvalue weighted by Gasteiger charge is -2.37. The predicted molar refractivity (Wildman–Crippen MR) is 110 cm³/mol. The maximum atomic E-state index is 9.65. The Labute approximate surface area is 163 Å². The third kappa shape index (κ3) is 5.05. The van der Waals surface area contributed by atoms with Crippen molar-refractivity contribution in [1.82, 2.24) is 14.9 Å². The van der Waals surface area contributed by atoms with E-state index in [2.05, 4.69) is 47.9 Å². The molecule has 1 aromatic carbocycles. The highest BCUT2D eigenvalue weighted by Gasteiger charge is 2.23. The maximum absolute atomic E-state index is 9.65. The molecule has 5 nitrogen and oxygen atoms in total. The summed E-state index contributed by atoms with van der Waals surface area (Å²) in [5.74, 6) is 1.94. The fourth-order valence-electron chi connectivity index (χ4n) is 3.91. The second-order valence-electron chi connectivity index (χ2n) is 7.68. The van der Waals surface area contributed by atoms with Crippen LogP contribution in [0.1, 0.15) is 42.1 Å². The van der Waals surface area contributed by atoms with Crippen LogP contribution in [-0.4, -0.2) is 58.8 Å². The fourth-order valence-corrected chi connectivity index (χ4v) is 3.91. The van der Waals surface area contributed by atoms with Gasteiger partial charge in [-0.1, -0.05) is 36.8 Å². The van der Waals surface area contributed by atoms with Gasteiger partial charge in [0.05, 0.1) is 6.10 Å². The van der Waals surface area contributed by atoms with Gasteiger partial charge in [-0.2, -0.15) is 0 Å². The van der Waals surface area contributed by atoms with Gasteiger partial charge in [0.15, 0.2) is 0 Å². The number of hydrogen-bond acceptors (Lipinski definition) is 5. The van der Waals surface area contributed by atoms with Gasteiger partial charge >= 0.3 is 0 Å². The molecule has 1 aliphatic heterocycles. The van der Waals surface area contributed by atoms with Crippen LogP contribution >= 0.6 is 0 Å². The minimum Gasteiger partial charge on any atom is -0.392 e. The Morgan fingerprint density at radius 3 is 2.48 bits per heavy atom. The minimum absolute atomic E-state index is 0.276. The molecule has 2 aromatic rings. The van der Waals surface area contributed by atoms with Gasteiger partial charge in [-0.3, -0.25) is 4.90 Å². The van der Waals surface area contributed by atoms with Gasteiger partial charge in [0.2, 0.25) is 0 Å². The first-order valence-electron chi connectivity index (χ1n) is 10.0. The Morgan fingerprint density at radius 2 is 1.85 bits per heavy atom. The number of anilines is 1. The first-order chi connectivity index (χ1) is 13.0. The summed E-state index contributed by atoms with van der Waals surface area (Å²) >= 11 is 0. The van der Waals surface area contributed by atoms with Crippen LogP contribution in [0.2, 0.25) is 0 Å². The predicted octanol–water partition coefficient (Wildman–Crippen LogP) is 2.75. The van der Waals surface area contributed by atoms with Gasteiger partial charge in [-0.15, -0.1) is 0 Å². The summed E-state index contributed by atoms with van der Waals surface area (Å²) in [6.45, 7) is 12.7. The maximum Gasteiger partial charge on any atom is 0.136 e. The van der Waals surface area contributed by atoms with Crippen molar-refractivity contribution in [2.75, 3.05) is 37.6 Å². The van der Waals surface area contributed by atoms with E-state index in [0.717, 1.165) is 62.9 Å². The molecule has 1 aromatic heterocycles. The lowest BCUT2D eigenvalue weighted by Crippen LogP contribution is -2.49. The van der Waals surface area contributed by atoms with E-state index in [1.54, 1.807) is 0 Å². The summed E-state index contributed by atoms with van der Waals surface area (Å²) in [5.41, 5.74) is 5.01. The molecule has 0 amide bonds. The van der Waals surface area contributed by atoms with Crippen molar-refractivity contribution in [2.45, 2.75) is 46.6 Å². The van der Waals surface area contributed by atoms with E-state index < -0.39 is 0 Å². The number of rotatable bonds is 6. The van der Waals surface area contributed by atoms with Crippen LogP contribution < -0.4 is 4.90 Å². The van der Waals surface area contributed by atoms with Crippen LogP contribution in [0.5, 0.6) is 0 Å². The first-order valence-corrected chi connectivity index (χ1v) is 10.0. The van der Waals surface area contributed by atoms with Gasteiger partial charge in [-0.05, 0) is 32.8 Å². The highest BCUT2D eigenvalue weighted by molar-refractivity contribution is 5.52. The van der Waals surface area contributed by atoms with Crippen molar-refractivity contribution in [2.24, 2.45) is 0 Å². The summed E-state index contributed by atoms with van der Waals surface area (Å²) in [6.07, 6.45) is 1.51. The third-order valence-electron chi connectivity index (χ3n) is 5.18. The number of benzene rings is 1. The van der Waals surface area contributed by atoms with Crippen molar-refractivity contribution < 1.29 is 5.11 Å². The Morgan fingerprint density at radius 1 is 1.11 bits per heavy atom. The van der Waals surface area contributed by atoms with Crippen molar-refractivity contribution in [3.8, 4) is 0 Å². The first kappa shape index (κ1) is 19.8. The van der Waals surface area contributed by atoms with E-state index in [4.69, 9.17) is 9.97 Å². The molecule has 3 rings (SSSR count). The molecule has 1 aliphatic rings. The normalized spacial score (nSPS) is 16.6. The summed E-state index contributed by atoms with van der Waals surface area (Å²) in [7, 11) is 0.